The third-order valence-corrected chi connectivity index (χ3v) is 0. The average Bonchev–Trinajstić information content (AvgIpc) is 1.12. The average molecular weight is 216 g/mol. The molecule has 0 spiro atoms. The molecule has 0 aromatic carbocycles. The second-order valence-corrected chi connectivity index (χ2v) is 2.99. The van der Waals surface area contributed by atoms with Crippen molar-refractivity contribution in [3.05, 3.63) is 0 Å². The van der Waals surface area contributed by atoms with E-state index in [2.05, 4.69) is 0 Å². The molecule has 0 aromatic heterocycles. The first-order valence-electron chi connectivity index (χ1n) is 1.55. The van der Waals surface area contributed by atoms with Crippen LogP contribution in [0.3, 0.4) is 0 Å². The van der Waals surface area contributed by atoms with E-state index in [9.17, 15) is 0 Å². The van der Waals surface area contributed by atoms with Crippen molar-refractivity contribution in [2.24, 2.45) is 0 Å². The molecule has 8 nitrogen and oxygen atoms in total. The topological polar surface area (TPSA) is 161 Å². The molecule has 11 heteroatoms. The number of hydrogen-bond donors (Lipinski definition) is 4. The van der Waals surface area contributed by atoms with Crippen LogP contribution in [-0.2, 0) is 10.4 Å². The Morgan fingerprint density at radius 2 is 1.09 bits per heavy atom. The molecule has 0 atom stereocenters. The third-order valence-electron chi connectivity index (χ3n) is 0. The van der Waals surface area contributed by atoms with Crippen LogP contribution in [0.25, 0.3) is 0 Å². The maximum atomic E-state index is 8.80. The summed E-state index contributed by atoms with van der Waals surface area (Å²) in [6.07, 6.45) is 0. The van der Waals surface area contributed by atoms with Crippen LogP contribution in [0, 0.1) is 0 Å². The van der Waals surface area contributed by atoms with Crippen LogP contribution >= 0.6 is 0 Å². The van der Waals surface area contributed by atoms with Crippen molar-refractivity contribution in [3.63, 3.8) is 0 Å². The standard InChI is InChI=1S/Mg.H2O4S.H2O4Si/c;2*1-5(2,3)4/h;(H2,1,2,3,4);1-2H/q+2;;-2. The van der Waals surface area contributed by atoms with Crippen LogP contribution in [0.5, 0.6) is 0 Å². The molecule has 0 bridgehead atoms. The van der Waals surface area contributed by atoms with Gasteiger partial charge in [0.05, 0.1) is 0 Å². The largest absolute Gasteiger partial charge is 2.00 e. The third kappa shape index (κ3) is 1680. The maximum Gasteiger partial charge on any atom is 2.00 e. The van der Waals surface area contributed by atoms with E-state index in [1.54, 1.807) is 0 Å². The zero-order valence-electron chi connectivity index (χ0n) is 5.04. The second-order valence-electron chi connectivity index (χ2n) is 0.996. The quantitative estimate of drug-likeness (QED) is 0.231. The van der Waals surface area contributed by atoms with Crippen LogP contribution < -0.4 is 9.59 Å². The van der Waals surface area contributed by atoms with Crippen molar-refractivity contribution in [3.8, 4) is 0 Å². The Hall–Kier alpha value is 0.693. The molecule has 0 aromatic rings. The van der Waals surface area contributed by atoms with Gasteiger partial charge in [0.1, 0.15) is 9.05 Å². The molecule has 0 aliphatic rings. The molecule has 64 valence electrons. The molecule has 0 rings (SSSR count). The molecular weight excluding hydrogens is 212 g/mol. The van der Waals surface area contributed by atoms with E-state index in [1.807, 2.05) is 0 Å². The van der Waals surface area contributed by atoms with Gasteiger partial charge in [-0.1, -0.05) is 0 Å². The van der Waals surface area contributed by atoms with Gasteiger partial charge < -0.3 is 19.2 Å². The molecule has 4 N–H and O–H groups in total. The van der Waals surface area contributed by atoms with Crippen LogP contribution in [0.2, 0.25) is 0 Å². The van der Waals surface area contributed by atoms with Gasteiger partial charge in [-0.3, -0.25) is 9.11 Å². The molecule has 11 heavy (non-hydrogen) atoms. The van der Waals surface area contributed by atoms with Gasteiger partial charge in [0.15, 0.2) is 0 Å². The zero-order valence-corrected chi connectivity index (χ0v) is 8.27. The Morgan fingerprint density at radius 1 is 1.09 bits per heavy atom. The van der Waals surface area contributed by atoms with E-state index < -0.39 is 19.4 Å². The SMILES string of the molecule is O=S(=O)(O)O.[Mg+2].[O-][Si]([O-])(O)O. The minimum absolute atomic E-state index is 0. The summed E-state index contributed by atoms with van der Waals surface area (Å²) in [5.74, 6) is 0. The smallest absolute Gasteiger partial charge is 0.828 e. The molecule has 0 heterocycles. The molecule has 0 saturated carbocycles. The molecular formula is H4MgO8SSi. The van der Waals surface area contributed by atoms with Gasteiger partial charge in [-0.2, -0.15) is 8.42 Å². The fourth-order valence-corrected chi connectivity index (χ4v) is 0. The minimum Gasteiger partial charge on any atom is -0.828 e. The summed E-state index contributed by atoms with van der Waals surface area (Å²) in [4.78, 5) is 31.8. The summed E-state index contributed by atoms with van der Waals surface area (Å²) in [5.41, 5.74) is 0. The first-order chi connectivity index (χ1) is 4.00. The van der Waals surface area contributed by atoms with Gasteiger partial charge >= 0.3 is 33.5 Å². The van der Waals surface area contributed by atoms with E-state index in [1.165, 1.54) is 0 Å². The maximum absolute atomic E-state index is 8.80. The van der Waals surface area contributed by atoms with Crippen LogP contribution in [-0.4, -0.2) is 59.2 Å². The molecule has 0 saturated heterocycles. The van der Waals surface area contributed by atoms with Crippen molar-refractivity contribution in [1.29, 1.82) is 0 Å². The van der Waals surface area contributed by atoms with Crippen LogP contribution in [0.15, 0.2) is 0 Å². The van der Waals surface area contributed by atoms with Crippen LogP contribution in [0.1, 0.15) is 0 Å². The number of hydrogen-bond acceptors (Lipinski definition) is 6. The fourth-order valence-electron chi connectivity index (χ4n) is 0. The summed E-state index contributed by atoms with van der Waals surface area (Å²) < 4.78 is 31.6. The number of rotatable bonds is 0. The predicted octanol–water partition coefficient (Wildman–Crippen LogP) is -4.91. The molecule has 0 fully saturated rings. The van der Waals surface area contributed by atoms with E-state index >= 15 is 0 Å². The Bertz CT molecular complexity index is 149. The molecule has 0 aliphatic heterocycles. The second kappa shape index (κ2) is 6.24. The van der Waals surface area contributed by atoms with E-state index in [0.717, 1.165) is 0 Å². The summed E-state index contributed by atoms with van der Waals surface area (Å²) in [6, 6.07) is 0. The zero-order chi connectivity index (χ0) is 9.00. The normalized spacial score (nSPS) is 10.7. The van der Waals surface area contributed by atoms with Crippen molar-refractivity contribution >= 4 is 42.5 Å². The Labute approximate surface area is 79.3 Å². The van der Waals surface area contributed by atoms with Crippen molar-refractivity contribution in [2.75, 3.05) is 0 Å². The van der Waals surface area contributed by atoms with Crippen LogP contribution in [0.4, 0.5) is 0 Å². The van der Waals surface area contributed by atoms with Crippen molar-refractivity contribution < 1.29 is 36.7 Å². The van der Waals surface area contributed by atoms with Gasteiger partial charge in [0.2, 0.25) is 0 Å². The van der Waals surface area contributed by atoms with Gasteiger partial charge in [0.25, 0.3) is 0 Å². The predicted molar refractivity (Wildman–Crippen MR) is 30.1 cm³/mol. The Morgan fingerprint density at radius 3 is 1.09 bits per heavy atom. The molecule has 0 radical (unpaired) electrons. The van der Waals surface area contributed by atoms with Gasteiger partial charge in [-0.05, 0) is 0 Å². The Kier molecular flexibility index (Phi) is 10.0. The van der Waals surface area contributed by atoms with E-state index in [-0.39, 0.29) is 23.1 Å². The summed E-state index contributed by atoms with van der Waals surface area (Å²) >= 11 is 0. The van der Waals surface area contributed by atoms with Gasteiger partial charge in [-0.15, -0.1) is 0 Å². The van der Waals surface area contributed by atoms with Crippen molar-refractivity contribution in [1.82, 2.24) is 0 Å². The van der Waals surface area contributed by atoms with E-state index in [4.69, 9.17) is 36.7 Å². The van der Waals surface area contributed by atoms with Gasteiger partial charge in [0, 0.05) is 0 Å². The summed E-state index contributed by atoms with van der Waals surface area (Å²) in [5, 5.41) is 0. The molecule has 0 unspecified atom stereocenters. The monoisotopic (exact) mass is 216 g/mol. The summed E-state index contributed by atoms with van der Waals surface area (Å²) in [6.45, 7) is 0. The minimum atomic E-state index is -5.11. The first kappa shape index (κ1) is 17.7. The first-order valence-corrected chi connectivity index (χ1v) is 4.66. The fraction of sp³-hybridized carbons (Fsp3) is 0. The molecule has 0 amide bonds. The summed E-state index contributed by atoms with van der Waals surface area (Å²) in [7, 11) is -9.78. The van der Waals surface area contributed by atoms with Gasteiger partial charge in [-0.25, -0.2) is 0 Å². The van der Waals surface area contributed by atoms with Crippen molar-refractivity contribution in [2.45, 2.75) is 0 Å². The Balaban J connectivity index is -0.000000107. The van der Waals surface area contributed by atoms with E-state index in [0.29, 0.717) is 0 Å². The molecule has 0 aliphatic carbocycles.